The number of benzene rings is 1. The summed E-state index contributed by atoms with van der Waals surface area (Å²) in [6, 6.07) is 12.2. The average molecular weight is 319 g/mol. The Morgan fingerprint density at radius 3 is 2.64 bits per heavy atom. The molecule has 1 N–H and O–H groups in total. The van der Waals surface area contributed by atoms with Crippen LogP contribution in [0.2, 0.25) is 0 Å². The molecule has 4 heteroatoms. The lowest BCUT2D eigenvalue weighted by Crippen LogP contribution is -2.40. The highest BCUT2D eigenvalue weighted by atomic mass is 32.1. The van der Waals surface area contributed by atoms with E-state index in [0.717, 1.165) is 18.7 Å². The van der Waals surface area contributed by atoms with Gasteiger partial charge in [0.25, 0.3) is 0 Å². The van der Waals surface area contributed by atoms with Crippen LogP contribution in [-0.2, 0) is 6.54 Å². The van der Waals surface area contributed by atoms with Crippen molar-refractivity contribution in [1.29, 1.82) is 0 Å². The molecule has 0 radical (unpaired) electrons. The summed E-state index contributed by atoms with van der Waals surface area (Å²) in [5, 5.41) is 14.6. The average Bonchev–Trinajstić information content (AvgIpc) is 3.05. The van der Waals surface area contributed by atoms with Gasteiger partial charge in [-0.2, -0.15) is 11.3 Å². The van der Waals surface area contributed by atoms with Crippen LogP contribution < -0.4 is 4.74 Å². The maximum atomic E-state index is 10.3. The number of aliphatic hydroxyl groups excluding tert-OH is 1. The van der Waals surface area contributed by atoms with Crippen molar-refractivity contribution in [3.63, 3.8) is 0 Å². The summed E-state index contributed by atoms with van der Waals surface area (Å²) in [6.07, 6.45) is 0.573. The maximum Gasteiger partial charge on any atom is 0.119 e. The molecule has 0 aliphatic heterocycles. The van der Waals surface area contributed by atoms with Crippen LogP contribution in [0.15, 0.2) is 47.2 Å². The zero-order valence-electron chi connectivity index (χ0n) is 13.3. The first kappa shape index (κ1) is 17.0. The van der Waals surface area contributed by atoms with Crippen molar-refractivity contribution < 1.29 is 9.84 Å². The second-order valence-electron chi connectivity index (χ2n) is 5.60. The van der Waals surface area contributed by atoms with E-state index in [9.17, 15) is 5.11 Å². The Hall–Kier alpha value is -1.36. The molecule has 0 unspecified atom stereocenters. The van der Waals surface area contributed by atoms with Crippen molar-refractivity contribution in [1.82, 2.24) is 4.90 Å². The summed E-state index contributed by atoms with van der Waals surface area (Å²) < 4.78 is 5.64. The minimum absolute atomic E-state index is 0.320. The van der Waals surface area contributed by atoms with Crippen molar-refractivity contribution in [2.45, 2.75) is 39.0 Å². The number of ether oxygens (including phenoxy) is 1. The molecule has 0 fully saturated rings. The predicted octanol–water partition coefficient (Wildman–Crippen LogP) is 3.79. The molecule has 2 aromatic rings. The summed E-state index contributed by atoms with van der Waals surface area (Å²) in [4.78, 5) is 2.32. The zero-order chi connectivity index (χ0) is 15.8. The van der Waals surface area contributed by atoms with E-state index in [2.05, 4.69) is 35.6 Å². The Balaban J connectivity index is 1.85. The third kappa shape index (κ3) is 5.44. The van der Waals surface area contributed by atoms with Crippen molar-refractivity contribution in [2.75, 3.05) is 13.2 Å². The first-order valence-electron chi connectivity index (χ1n) is 7.80. The van der Waals surface area contributed by atoms with Crippen LogP contribution in [0.5, 0.6) is 5.75 Å². The number of aliphatic hydroxyl groups is 1. The summed E-state index contributed by atoms with van der Waals surface area (Å²) in [5.41, 5.74) is 1.31. The first-order valence-corrected chi connectivity index (χ1v) is 8.74. The van der Waals surface area contributed by atoms with Gasteiger partial charge in [0.15, 0.2) is 0 Å². The molecular weight excluding hydrogens is 294 g/mol. The summed E-state index contributed by atoms with van der Waals surface area (Å²) in [6.45, 7) is 6.20. The highest BCUT2D eigenvalue weighted by molar-refractivity contribution is 7.07. The molecular formula is C18H25NO2S. The van der Waals surface area contributed by atoms with Crippen LogP contribution in [0.3, 0.4) is 0 Å². The smallest absolute Gasteiger partial charge is 0.119 e. The second-order valence-corrected chi connectivity index (χ2v) is 6.38. The van der Waals surface area contributed by atoms with E-state index in [4.69, 9.17) is 4.74 Å². The van der Waals surface area contributed by atoms with Gasteiger partial charge in [-0.25, -0.2) is 0 Å². The first-order chi connectivity index (χ1) is 10.7. The molecule has 0 spiro atoms. The highest BCUT2D eigenvalue weighted by Gasteiger charge is 2.17. The number of hydrogen-bond acceptors (Lipinski definition) is 4. The van der Waals surface area contributed by atoms with E-state index in [-0.39, 0.29) is 0 Å². The molecule has 0 saturated heterocycles. The van der Waals surface area contributed by atoms with Gasteiger partial charge in [0.1, 0.15) is 18.5 Å². The number of thiophene rings is 1. The third-order valence-corrected chi connectivity index (χ3v) is 4.54. The van der Waals surface area contributed by atoms with Gasteiger partial charge in [0.05, 0.1) is 0 Å². The van der Waals surface area contributed by atoms with Crippen LogP contribution in [0.4, 0.5) is 0 Å². The summed E-state index contributed by atoms with van der Waals surface area (Å²) in [7, 11) is 0. The molecule has 1 aromatic heterocycles. The van der Waals surface area contributed by atoms with Crippen molar-refractivity contribution in [2.24, 2.45) is 0 Å². The monoisotopic (exact) mass is 319 g/mol. The van der Waals surface area contributed by atoms with Gasteiger partial charge in [0.2, 0.25) is 0 Å². The van der Waals surface area contributed by atoms with Crippen LogP contribution in [0.25, 0.3) is 0 Å². The van der Waals surface area contributed by atoms with Crippen molar-refractivity contribution >= 4 is 11.3 Å². The standard InChI is InChI=1S/C18H25NO2S/c1-3-15(2)19(11-16-9-10-22-14-16)12-17(20)13-21-18-7-5-4-6-8-18/h4-10,14-15,17,20H,3,11-13H2,1-2H3/t15-,17+/m1/s1. The molecule has 3 nitrogen and oxygen atoms in total. The lowest BCUT2D eigenvalue weighted by atomic mass is 10.1. The van der Waals surface area contributed by atoms with Gasteiger partial charge in [0, 0.05) is 19.1 Å². The Morgan fingerprint density at radius 2 is 2.00 bits per heavy atom. The molecule has 1 aromatic carbocycles. The fourth-order valence-electron chi connectivity index (χ4n) is 2.31. The van der Waals surface area contributed by atoms with E-state index in [1.807, 2.05) is 30.3 Å². The molecule has 2 rings (SSSR count). The Labute approximate surface area is 137 Å². The van der Waals surface area contributed by atoms with Gasteiger partial charge >= 0.3 is 0 Å². The molecule has 0 bridgehead atoms. The fourth-order valence-corrected chi connectivity index (χ4v) is 2.97. The molecule has 2 atom stereocenters. The molecule has 0 amide bonds. The van der Waals surface area contributed by atoms with E-state index in [0.29, 0.717) is 19.2 Å². The second kappa shape index (κ2) is 8.93. The van der Waals surface area contributed by atoms with Gasteiger partial charge in [-0.1, -0.05) is 25.1 Å². The quantitative estimate of drug-likeness (QED) is 0.763. The van der Waals surface area contributed by atoms with E-state index in [1.165, 1.54) is 5.56 Å². The molecule has 0 saturated carbocycles. The van der Waals surface area contributed by atoms with Crippen LogP contribution >= 0.6 is 11.3 Å². The predicted molar refractivity (Wildman–Crippen MR) is 92.4 cm³/mol. The van der Waals surface area contributed by atoms with Crippen molar-refractivity contribution in [3.05, 3.63) is 52.7 Å². The summed E-state index contributed by atoms with van der Waals surface area (Å²) >= 11 is 1.71. The lowest BCUT2D eigenvalue weighted by Gasteiger charge is -2.30. The fraction of sp³-hybridized carbons (Fsp3) is 0.444. The van der Waals surface area contributed by atoms with Gasteiger partial charge < -0.3 is 9.84 Å². The van der Waals surface area contributed by atoms with Crippen LogP contribution in [0, 0.1) is 0 Å². The number of nitrogens with zero attached hydrogens (tertiary/aromatic N) is 1. The van der Waals surface area contributed by atoms with E-state index in [1.54, 1.807) is 11.3 Å². The Bertz CT molecular complexity index is 515. The summed E-state index contributed by atoms with van der Waals surface area (Å²) in [5.74, 6) is 0.800. The number of para-hydroxylation sites is 1. The van der Waals surface area contributed by atoms with E-state index >= 15 is 0 Å². The van der Waals surface area contributed by atoms with Crippen LogP contribution in [0.1, 0.15) is 25.8 Å². The van der Waals surface area contributed by atoms with Gasteiger partial charge in [-0.3, -0.25) is 4.90 Å². The minimum atomic E-state index is -0.493. The molecule has 120 valence electrons. The third-order valence-electron chi connectivity index (χ3n) is 3.81. The molecule has 22 heavy (non-hydrogen) atoms. The topological polar surface area (TPSA) is 32.7 Å². The Kier molecular flexibility index (Phi) is 6.90. The maximum absolute atomic E-state index is 10.3. The lowest BCUT2D eigenvalue weighted by molar-refractivity contribution is 0.0507. The SMILES string of the molecule is CC[C@@H](C)N(Cc1ccsc1)C[C@H](O)COc1ccccc1. The molecule has 1 heterocycles. The van der Waals surface area contributed by atoms with E-state index < -0.39 is 6.10 Å². The zero-order valence-corrected chi connectivity index (χ0v) is 14.1. The largest absolute Gasteiger partial charge is 0.491 e. The van der Waals surface area contributed by atoms with Gasteiger partial charge in [-0.15, -0.1) is 0 Å². The normalized spacial score (nSPS) is 14.0. The molecule has 0 aliphatic rings. The highest BCUT2D eigenvalue weighted by Crippen LogP contribution is 2.15. The number of rotatable bonds is 9. The Morgan fingerprint density at radius 1 is 1.23 bits per heavy atom. The van der Waals surface area contributed by atoms with Crippen LogP contribution in [-0.4, -0.2) is 35.3 Å². The number of hydrogen-bond donors (Lipinski definition) is 1. The van der Waals surface area contributed by atoms with Crippen molar-refractivity contribution in [3.8, 4) is 5.75 Å². The van der Waals surface area contributed by atoms with Gasteiger partial charge in [-0.05, 0) is 47.9 Å². The minimum Gasteiger partial charge on any atom is -0.491 e. The molecule has 0 aliphatic carbocycles.